The molecule has 1 aliphatic heterocycles. The van der Waals surface area contributed by atoms with E-state index < -0.39 is 9.84 Å². The second kappa shape index (κ2) is 4.01. The van der Waals surface area contributed by atoms with Gasteiger partial charge in [0.25, 0.3) is 0 Å². The van der Waals surface area contributed by atoms with Crippen molar-refractivity contribution in [3.05, 3.63) is 17.5 Å². The first-order valence-corrected chi connectivity index (χ1v) is 6.94. The molecule has 6 heteroatoms. The van der Waals surface area contributed by atoms with Crippen molar-refractivity contribution in [3.63, 3.8) is 0 Å². The normalized spacial score (nSPS) is 23.4. The smallest absolute Gasteiger partial charge is 0.168 e. The standard InChI is InChI=1S/C10H14N2O3S/c1-12-9(7-13)5-8(11-12)6-10-3-2-4-16(10,14)15/h5,7,10H,2-4,6H2,1H3. The molecule has 1 aliphatic rings. The van der Waals surface area contributed by atoms with Gasteiger partial charge in [0.1, 0.15) is 5.69 Å². The minimum Gasteiger partial charge on any atom is -0.296 e. The van der Waals surface area contributed by atoms with E-state index in [2.05, 4.69) is 5.10 Å². The third kappa shape index (κ3) is 2.02. The Balaban J connectivity index is 2.18. The van der Waals surface area contributed by atoms with Gasteiger partial charge in [-0.05, 0) is 18.9 Å². The average Bonchev–Trinajstić information content (AvgIpc) is 2.71. The molecule has 1 aromatic rings. The molecule has 1 aromatic heterocycles. The topological polar surface area (TPSA) is 69.0 Å². The zero-order valence-electron chi connectivity index (χ0n) is 9.09. The molecular formula is C10H14N2O3S. The van der Waals surface area contributed by atoms with E-state index in [4.69, 9.17) is 0 Å². The van der Waals surface area contributed by atoms with Gasteiger partial charge in [0, 0.05) is 13.5 Å². The summed E-state index contributed by atoms with van der Waals surface area (Å²) in [4.78, 5) is 10.6. The average molecular weight is 242 g/mol. The summed E-state index contributed by atoms with van der Waals surface area (Å²) in [6.45, 7) is 0. The highest BCUT2D eigenvalue weighted by Crippen LogP contribution is 2.23. The summed E-state index contributed by atoms with van der Waals surface area (Å²) in [5.74, 6) is 0.283. The molecule has 88 valence electrons. The first-order valence-electron chi connectivity index (χ1n) is 5.22. The number of aldehydes is 1. The summed E-state index contributed by atoms with van der Waals surface area (Å²) in [6.07, 6.45) is 2.58. The first kappa shape index (κ1) is 11.3. The summed E-state index contributed by atoms with van der Waals surface area (Å²) in [5.41, 5.74) is 1.16. The summed E-state index contributed by atoms with van der Waals surface area (Å²) < 4.78 is 24.7. The monoisotopic (exact) mass is 242 g/mol. The van der Waals surface area contributed by atoms with Crippen LogP contribution in [0.25, 0.3) is 0 Å². The molecular weight excluding hydrogens is 228 g/mol. The predicted molar refractivity (Wildman–Crippen MR) is 59.1 cm³/mol. The minimum absolute atomic E-state index is 0.283. The van der Waals surface area contributed by atoms with E-state index in [0.717, 1.165) is 12.7 Å². The van der Waals surface area contributed by atoms with Crippen molar-refractivity contribution in [1.29, 1.82) is 0 Å². The summed E-state index contributed by atoms with van der Waals surface area (Å²) in [6, 6.07) is 1.65. The van der Waals surface area contributed by atoms with E-state index in [1.807, 2.05) is 0 Å². The molecule has 1 saturated heterocycles. The fourth-order valence-corrected chi connectivity index (χ4v) is 3.93. The lowest BCUT2D eigenvalue weighted by atomic mass is 10.1. The van der Waals surface area contributed by atoms with E-state index in [1.165, 1.54) is 4.68 Å². The van der Waals surface area contributed by atoms with Gasteiger partial charge in [0.2, 0.25) is 0 Å². The van der Waals surface area contributed by atoms with Gasteiger partial charge in [-0.1, -0.05) is 0 Å². The fraction of sp³-hybridized carbons (Fsp3) is 0.600. The molecule has 1 atom stereocenters. The van der Waals surface area contributed by atoms with Gasteiger partial charge < -0.3 is 0 Å². The van der Waals surface area contributed by atoms with Crippen molar-refractivity contribution in [3.8, 4) is 0 Å². The summed E-state index contributed by atoms with van der Waals surface area (Å²) in [5, 5.41) is 3.81. The number of rotatable bonds is 3. The van der Waals surface area contributed by atoms with E-state index in [0.29, 0.717) is 24.2 Å². The molecule has 0 radical (unpaired) electrons. The summed E-state index contributed by atoms with van der Waals surface area (Å²) in [7, 11) is -1.26. The highest BCUT2D eigenvalue weighted by atomic mass is 32.2. The molecule has 2 rings (SSSR count). The van der Waals surface area contributed by atoms with Crippen LogP contribution in [0.4, 0.5) is 0 Å². The molecule has 1 unspecified atom stereocenters. The predicted octanol–water partition coefficient (Wildman–Crippen LogP) is 0.352. The van der Waals surface area contributed by atoms with Crippen LogP contribution < -0.4 is 0 Å². The molecule has 0 bridgehead atoms. The van der Waals surface area contributed by atoms with Gasteiger partial charge in [0.05, 0.1) is 16.7 Å². The number of hydrogen-bond donors (Lipinski definition) is 0. The quantitative estimate of drug-likeness (QED) is 0.717. The van der Waals surface area contributed by atoms with Crippen LogP contribution >= 0.6 is 0 Å². The number of nitrogens with zero attached hydrogens (tertiary/aromatic N) is 2. The molecule has 1 fully saturated rings. The van der Waals surface area contributed by atoms with Crippen molar-refractivity contribution in [2.24, 2.45) is 7.05 Å². The Labute approximate surface area is 94.4 Å². The van der Waals surface area contributed by atoms with Gasteiger partial charge in [-0.2, -0.15) is 5.10 Å². The van der Waals surface area contributed by atoms with Gasteiger partial charge in [0.15, 0.2) is 16.1 Å². The van der Waals surface area contributed by atoms with Gasteiger partial charge in [-0.25, -0.2) is 8.42 Å². The number of hydrogen-bond acceptors (Lipinski definition) is 4. The van der Waals surface area contributed by atoms with Crippen molar-refractivity contribution < 1.29 is 13.2 Å². The van der Waals surface area contributed by atoms with Crippen molar-refractivity contribution in [2.45, 2.75) is 24.5 Å². The molecule has 16 heavy (non-hydrogen) atoms. The molecule has 0 saturated carbocycles. The third-order valence-corrected chi connectivity index (χ3v) is 5.26. The molecule has 2 heterocycles. The molecule has 0 aliphatic carbocycles. The Bertz CT molecular complexity index is 504. The number of carbonyl (C=O) groups excluding carboxylic acids is 1. The highest BCUT2D eigenvalue weighted by Gasteiger charge is 2.31. The first-order chi connectivity index (χ1) is 7.53. The zero-order valence-corrected chi connectivity index (χ0v) is 9.90. The maximum Gasteiger partial charge on any atom is 0.168 e. The Morgan fingerprint density at radius 1 is 1.62 bits per heavy atom. The van der Waals surface area contributed by atoms with Crippen LogP contribution in [-0.2, 0) is 23.3 Å². The molecule has 0 aromatic carbocycles. The lowest BCUT2D eigenvalue weighted by molar-refractivity contribution is 0.111. The maximum absolute atomic E-state index is 11.6. The van der Waals surface area contributed by atoms with Crippen LogP contribution in [0, 0.1) is 0 Å². The molecule has 5 nitrogen and oxygen atoms in total. The Kier molecular flexibility index (Phi) is 2.84. The van der Waals surface area contributed by atoms with Crippen LogP contribution in [0.5, 0.6) is 0 Å². The third-order valence-electron chi connectivity index (χ3n) is 2.99. The van der Waals surface area contributed by atoms with E-state index in [9.17, 15) is 13.2 Å². The maximum atomic E-state index is 11.6. The Morgan fingerprint density at radius 2 is 2.38 bits per heavy atom. The fourth-order valence-electron chi connectivity index (χ4n) is 2.07. The van der Waals surface area contributed by atoms with Crippen LogP contribution in [-0.4, -0.2) is 35.5 Å². The van der Waals surface area contributed by atoms with Crippen LogP contribution in [0.2, 0.25) is 0 Å². The Hall–Kier alpha value is -1.17. The van der Waals surface area contributed by atoms with E-state index >= 15 is 0 Å². The molecule has 0 spiro atoms. The largest absolute Gasteiger partial charge is 0.296 e. The van der Waals surface area contributed by atoms with E-state index in [-0.39, 0.29) is 11.0 Å². The lowest BCUT2D eigenvalue weighted by Crippen LogP contribution is -2.18. The van der Waals surface area contributed by atoms with Gasteiger partial charge in [-0.15, -0.1) is 0 Å². The van der Waals surface area contributed by atoms with Crippen LogP contribution in [0.3, 0.4) is 0 Å². The minimum atomic E-state index is -2.93. The SMILES string of the molecule is Cn1nc(CC2CCCS2(=O)=O)cc1C=O. The van der Waals surface area contributed by atoms with Gasteiger partial charge >= 0.3 is 0 Å². The number of aromatic nitrogens is 2. The molecule has 0 amide bonds. The highest BCUT2D eigenvalue weighted by molar-refractivity contribution is 7.92. The second-order valence-corrected chi connectivity index (χ2v) is 6.54. The van der Waals surface area contributed by atoms with E-state index in [1.54, 1.807) is 13.1 Å². The number of carbonyl (C=O) groups is 1. The van der Waals surface area contributed by atoms with Crippen molar-refractivity contribution >= 4 is 16.1 Å². The molecule has 0 N–H and O–H groups in total. The zero-order chi connectivity index (χ0) is 11.8. The van der Waals surface area contributed by atoms with Crippen LogP contribution in [0.15, 0.2) is 6.07 Å². The van der Waals surface area contributed by atoms with Crippen molar-refractivity contribution in [1.82, 2.24) is 9.78 Å². The van der Waals surface area contributed by atoms with Crippen molar-refractivity contribution in [2.75, 3.05) is 5.75 Å². The lowest BCUT2D eigenvalue weighted by Gasteiger charge is -2.05. The van der Waals surface area contributed by atoms with Crippen LogP contribution in [0.1, 0.15) is 29.0 Å². The second-order valence-electron chi connectivity index (χ2n) is 4.14. The number of sulfone groups is 1. The summed E-state index contributed by atoms with van der Waals surface area (Å²) >= 11 is 0. The van der Waals surface area contributed by atoms with Gasteiger partial charge in [-0.3, -0.25) is 9.48 Å². The number of aryl methyl sites for hydroxylation is 1. The Morgan fingerprint density at radius 3 is 2.88 bits per heavy atom.